The van der Waals surface area contributed by atoms with Gasteiger partial charge in [0.1, 0.15) is 5.82 Å². The molecule has 0 aliphatic rings. The van der Waals surface area contributed by atoms with Gasteiger partial charge in [0.2, 0.25) is 0 Å². The number of carbonyl (C=O) groups is 1. The van der Waals surface area contributed by atoms with Gasteiger partial charge in [0.15, 0.2) is 5.54 Å². The van der Waals surface area contributed by atoms with Crippen LogP contribution < -0.4 is 5.73 Å². The second-order valence-electron chi connectivity index (χ2n) is 6.65. The summed E-state index contributed by atoms with van der Waals surface area (Å²) in [4.78, 5) is 19.8. The highest BCUT2D eigenvalue weighted by Gasteiger charge is 2.35. The van der Waals surface area contributed by atoms with Gasteiger partial charge in [0.25, 0.3) is 0 Å². The molecule has 0 aromatic carbocycles. The number of imidazole rings is 1. The number of terminal acetylenes is 1. The molecule has 1 rings (SSSR count). The summed E-state index contributed by atoms with van der Waals surface area (Å²) in [5, 5.41) is 0. The number of aromatic amines is 1. The van der Waals surface area contributed by atoms with Crippen LogP contribution in [0.1, 0.15) is 76.7 Å². The van der Waals surface area contributed by atoms with Gasteiger partial charge < -0.3 is 15.5 Å². The molecule has 0 spiro atoms. The quantitative estimate of drug-likeness (QED) is 0.325. The third kappa shape index (κ3) is 7.74. The summed E-state index contributed by atoms with van der Waals surface area (Å²) in [6.45, 7) is 4.69. The Kier molecular flexibility index (Phi) is 9.94. The highest BCUT2D eigenvalue weighted by atomic mass is 16.5. The normalized spacial score (nSPS) is 13.2. The van der Waals surface area contributed by atoms with E-state index in [0.29, 0.717) is 12.4 Å². The predicted molar refractivity (Wildman–Crippen MR) is 101 cm³/mol. The average Bonchev–Trinajstić information content (AvgIpc) is 3.05. The van der Waals surface area contributed by atoms with Gasteiger partial charge in [-0.3, -0.25) is 0 Å². The molecular weight excluding hydrogens is 314 g/mol. The third-order valence-corrected chi connectivity index (χ3v) is 4.28. The van der Waals surface area contributed by atoms with Crippen LogP contribution in [0.5, 0.6) is 0 Å². The first-order valence-corrected chi connectivity index (χ1v) is 9.52. The number of hydrogen-bond acceptors (Lipinski definition) is 4. The van der Waals surface area contributed by atoms with Gasteiger partial charge in [0, 0.05) is 18.3 Å². The zero-order chi connectivity index (χ0) is 18.5. The minimum atomic E-state index is -1.47. The van der Waals surface area contributed by atoms with E-state index in [4.69, 9.17) is 16.9 Å². The number of nitrogens with one attached hydrogen (secondary N) is 1. The molecule has 5 heteroatoms. The van der Waals surface area contributed by atoms with Crippen molar-refractivity contribution in [2.24, 2.45) is 5.73 Å². The van der Waals surface area contributed by atoms with Crippen molar-refractivity contribution < 1.29 is 9.53 Å². The Hall–Kier alpha value is -1.80. The van der Waals surface area contributed by atoms with Gasteiger partial charge >= 0.3 is 5.97 Å². The fraction of sp³-hybridized carbons (Fsp3) is 0.700. The number of nitrogens with zero attached hydrogens (tertiary/aromatic N) is 1. The molecule has 1 atom stereocenters. The Balaban J connectivity index is 2.42. The molecular formula is C20H33N3O2. The first-order valence-electron chi connectivity index (χ1n) is 9.52. The van der Waals surface area contributed by atoms with Gasteiger partial charge in [-0.1, -0.05) is 58.3 Å². The molecule has 0 amide bonds. The second-order valence-corrected chi connectivity index (χ2v) is 6.65. The molecule has 1 heterocycles. The van der Waals surface area contributed by atoms with Crippen molar-refractivity contribution >= 4 is 5.97 Å². The van der Waals surface area contributed by atoms with Gasteiger partial charge in [-0.25, -0.2) is 9.78 Å². The maximum absolute atomic E-state index is 12.3. The molecule has 0 aliphatic carbocycles. The highest BCUT2D eigenvalue weighted by Crippen LogP contribution is 2.13. The van der Waals surface area contributed by atoms with E-state index in [0.717, 1.165) is 37.8 Å². The Bertz CT molecular complexity index is 547. The van der Waals surface area contributed by atoms with Crippen LogP contribution in [0.25, 0.3) is 0 Å². The fourth-order valence-corrected chi connectivity index (χ4v) is 2.61. The van der Waals surface area contributed by atoms with Crippen LogP contribution in [0.4, 0.5) is 0 Å². The van der Waals surface area contributed by atoms with E-state index in [1.54, 1.807) is 6.20 Å². The van der Waals surface area contributed by atoms with Crippen LogP contribution in [0.15, 0.2) is 6.20 Å². The van der Waals surface area contributed by atoms with E-state index >= 15 is 0 Å². The molecule has 0 radical (unpaired) electrons. The number of nitrogens with two attached hydrogens (primary N) is 1. The average molecular weight is 348 g/mol. The molecule has 1 aromatic heterocycles. The van der Waals surface area contributed by atoms with Gasteiger partial charge in [-0.05, 0) is 19.3 Å². The maximum Gasteiger partial charge on any atom is 0.339 e. The van der Waals surface area contributed by atoms with Gasteiger partial charge in [-0.2, -0.15) is 0 Å². The topological polar surface area (TPSA) is 81.0 Å². The minimum absolute atomic E-state index is 0.158. The van der Waals surface area contributed by atoms with Crippen LogP contribution in [-0.4, -0.2) is 28.1 Å². The lowest BCUT2D eigenvalue weighted by Crippen LogP contribution is -2.50. The highest BCUT2D eigenvalue weighted by molar-refractivity contribution is 5.84. The summed E-state index contributed by atoms with van der Waals surface area (Å²) in [6.07, 6.45) is 17.4. The number of hydrogen-bond donors (Lipinski definition) is 2. The van der Waals surface area contributed by atoms with Crippen molar-refractivity contribution in [3.8, 4) is 12.3 Å². The SMILES string of the molecule is C#CC(N)(Cc1ncc(CCCC)[nH]1)C(=O)OCCCCCCCC. The van der Waals surface area contributed by atoms with E-state index in [-0.39, 0.29) is 6.42 Å². The lowest BCUT2D eigenvalue weighted by Gasteiger charge is -2.20. The van der Waals surface area contributed by atoms with Gasteiger partial charge in [-0.15, -0.1) is 6.42 Å². The Morgan fingerprint density at radius 2 is 1.92 bits per heavy atom. The second kappa shape index (κ2) is 11.7. The van der Waals surface area contributed by atoms with Crippen LogP contribution in [-0.2, 0) is 22.4 Å². The Morgan fingerprint density at radius 1 is 1.24 bits per heavy atom. The zero-order valence-electron chi connectivity index (χ0n) is 15.8. The van der Waals surface area contributed by atoms with E-state index in [9.17, 15) is 4.79 Å². The largest absolute Gasteiger partial charge is 0.464 e. The van der Waals surface area contributed by atoms with Crippen LogP contribution in [0, 0.1) is 12.3 Å². The first kappa shape index (κ1) is 21.2. The Labute approximate surface area is 152 Å². The molecule has 5 nitrogen and oxygen atoms in total. The third-order valence-electron chi connectivity index (χ3n) is 4.28. The lowest BCUT2D eigenvalue weighted by molar-refractivity contribution is -0.148. The summed E-state index contributed by atoms with van der Waals surface area (Å²) in [5.74, 6) is 2.47. The molecule has 0 aliphatic heterocycles. The standard InChI is InChI=1S/C20H33N3O2/c1-4-7-9-10-11-12-14-25-19(24)20(21,6-3)15-18-22-16-17(23-18)13-8-5-2/h3,16H,4-5,7-15,21H2,1-2H3,(H,22,23). The number of aryl methyl sites for hydroxylation is 1. The van der Waals surface area contributed by atoms with Gasteiger partial charge in [0.05, 0.1) is 6.61 Å². The molecule has 0 saturated carbocycles. The van der Waals surface area contributed by atoms with Crippen molar-refractivity contribution in [1.29, 1.82) is 0 Å². The lowest BCUT2D eigenvalue weighted by atomic mass is 9.97. The Morgan fingerprint density at radius 3 is 2.60 bits per heavy atom. The van der Waals surface area contributed by atoms with E-state index < -0.39 is 11.5 Å². The fourth-order valence-electron chi connectivity index (χ4n) is 2.61. The van der Waals surface area contributed by atoms with Crippen LogP contribution in [0.3, 0.4) is 0 Å². The summed E-state index contributed by atoms with van der Waals surface area (Å²) >= 11 is 0. The van der Waals surface area contributed by atoms with Crippen molar-refractivity contribution in [2.75, 3.05) is 6.61 Å². The first-order chi connectivity index (χ1) is 12.1. The van der Waals surface area contributed by atoms with Crippen molar-refractivity contribution in [3.63, 3.8) is 0 Å². The molecule has 3 N–H and O–H groups in total. The molecule has 0 saturated heterocycles. The smallest absolute Gasteiger partial charge is 0.339 e. The van der Waals surface area contributed by atoms with E-state index in [2.05, 4.69) is 29.7 Å². The number of aromatic nitrogens is 2. The predicted octanol–water partition coefficient (Wildman–Crippen LogP) is 3.53. The minimum Gasteiger partial charge on any atom is -0.464 e. The molecule has 1 aromatic rings. The van der Waals surface area contributed by atoms with Crippen molar-refractivity contribution in [1.82, 2.24) is 9.97 Å². The number of H-pyrrole nitrogens is 1. The summed E-state index contributed by atoms with van der Waals surface area (Å²) in [7, 11) is 0. The van der Waals surface area contributed by atoms with E-state index in [1.807, 2.05) is 0 Å². The van der Waals surface area contributed by atoms with Crippen LogP contribution >= 0.6 is 0 Å². The summed E-state index contributed by atoms with van der Waals surface area (Å²) < 4.78 is 5.30. The number of carbonyl (C=O) groups excluding carboxylic acids is 1. The monoisotopic (exact) mass is 347 g/mol. The number of esters is 1. The molecule has 140 valence electrons. The molecule has 0 bridgehead atoms. The number of unbranched alkanes of at least 4 members (excludes halogenated alkanes) is 6. The van der Waals surface area contributed by atoms with Crippen molar-refractivity contribution in [2.45, 2.75) is 83.6 Å². The zero-order valence-corrected chi connectivity index (χ0v) is 15.8. The van der Waals surface area contributed by atoms with Crippen molar-refractivity contribution in [3.05, 3.63) is 17.7 Å². The van der Waals surface area contributed by atoms with Crippen LogP contribution in [0.2, 0.25) is 0 Å². The molecule has 25 heavy (non-hydrogen) atoms. The summed E-state index contributed by atoms with van der Waals surface area (Å²) in [5.41, 5.74) is 5.66. The number of rotatable bonds is 13. The van der Waals surface area contributed by atoms with E-state index in [1.165, 1.54) is 25.7 Å². The summed E-state index contributed by atoms with van der Waals surface area (Å²) in [6, 6.07) is 0. The molecule has 1 unspecified atom stereocenters. The maximum atomic E-state index is 12.3. The number of ether oxygens (including phenoxy) is 1. The molecule has 0 fully saturated rings.